The van der Waals surface area contributed by atoms with Gasteiger partial charge in [0.25, 0.3) is 10.0 Å². The average Bonchev–Trinajstić information content (AvgIpc) is 2.40. The van der Waals surface area contributed by atoms with E-state index >= 15 is 0 Å². The number of aliphatic hydroxyl groups excluding tert-OH is 1. The van der Waals surface area contributed by atoms with Gasteiger partial charge in [-0.15, -0.1) is 0 Å². The first kappa shape index (κ1) is 16.1. The maximum Gasteiger partial charge on any atom is 0.263 e. The fraction of sp³-hybridized carbons (Fsp3) is 0.143. The minimum absolute atomic E-state index is 0.0398. The first-order valence-corrected chi connectivity index (χ1v) is 8.25. The van der Waals surface area contributed by atoms with Crippen molar-refractivity contribution in [1.82, 2.24) is 0 Å². The summed E-state index contributed by atoms with van der Waals surface area (Å²) in [5.74, 6) is 0. The summed E-state index contributed by atoms with van der Waals surface area (Å²) in [6.45, 7) is 1.46. The number of hydrogen-bond acceptors (Lipinski definition) is 3. The Bertz CT molecular complexity index is 776. The lowest BCUT2D eigenvalue weighted by Crippen LogP contribution is -2.14. The SMILES string of the molecule is Cc1cccc(NS(=O)(=O)c2cc(Cl)cc(CO)c2Cl)c1. The molecule has 0 spiro atoms. The van der Waals surface area contributed by atoms with Crippen LogP contribution in [0.5, 0.6) is 0 Å². The zero-order valence-corrected chi connectivity index (χ0v) is 13.4. The van der Waals surface area contributed by atoms with Gasteiger partial charge in [0.15, 0.2) is 0 Å². The Kier molecular flexibility index (Phi) is 4.78. The third kappa shape index (κ3) is 3.68. The zero-order valence-electron chi connectivity index (χ0n) is 11.1. The number of anilines is 1. The molecule has 0 saturated carbocycles. The number of nitrogens with one attached hydrogen (secondary N) is 1. The fourth-order valence-corrected chi connectivity index (χ4v) is 3.82. The highest BCUT2D eigenvalue weighted by atomic mass is 35.5. The van der Waals surface area contributed by atoms with Crippen LogP contribution < -0.4 is 4.72 Å². The maximum atomic E-state index is 12.4. The van der Waals surface area contributed by atoms with Crippen molar-refractivity contribution >= 4 is 38.9 Å². The van der Waals surface area contributed by atoms with Crippen LogP contribution in [0, 0.1) is 6.92 Å². The Hall–Kier alpha value is -1.27. The minimum atomic E-state index is -3.89. The zero-order chi connectivity index (χ0) is 15.6. The van der Waals surface area contributed by atoms with Crippen molar-refractivity contribution in [2.24, 2.45) is 0 Å². The van der Waals surface area contributed by atoms with E-state index in [1.165, 1.54) is 12.1 Å². The van der Waals surface area contributed by atoms with Crippen molar-refractivity contribution < 1.29 is 13.5 Å². The molecule has 0 aromatic heterocycles. The summed E-state index contributed by atoms with van der Waals surface area (Å²) in [4.78, 5) is -0.165. The summed E-state index contributed by atoms with van der Waals surface area (Å²) in [6.07, 6.45) is 0. The molecule has 0 radical (unpaired) electrons. The van der Waals surface area contributed by atoms with Crippen LogP contribution in [0.3, 0.4) is 0 Å². The Labute approximate surface area is 133 Å². The van der Waals surface area contributed by atoms with Gasteiger partial charge < -0.3 is 5.11 Å². The van der Waals surface area contributed by atoms with Crippen molar-refractivity contribution in [3.8, 4) is 0 Å². The molecule has 0 bridgehead atoms. The quantitative estimate of drug-likeness (QED) is 0.889. The highest BCUT2D eigenvalue weighted by molar-refractivity contribution is 7.92. The van der Waals surface area contributed by atoms with Crippen LogP contribution in [0.1, 0.15) is 11.1 Å². The largest absolute Gasteiger partial charge is 0.392 e. The lowest BCUT2D eigenvalue weighted by molar-refractivity contribution is 0.281. The Morgan fingerprint density at radius 3 is 2.52 bits per heavy atom. The molecule has 0 aliphatic heterocycles. The van der Waals surface area contributed by atoms with E-state index in [0.29, 0.717) is 5.69 Å². The van der Waals surface area contributed by atoms with Gasteiger partial charge in [0.2, 0.25) is 0 Å². The van der Waals surface area contributed by atoms with Crippen LogP contribution >= 0.6 is 23.2 Å². The molecular formula is C14H13Cl2NO3S. The number of sulfonamides is 1. The van der Waals surface area contributed by atoms with Crippen molar-refractivity contribution in [3.63, 3.8) is 0 Å². The van der Waals surface area contributed by atoms with Crippen LogP contribution in [0.4, 0.5) is 5.69 Å². The van der Waals surface area contributed by atoms with Gasteiger partial charge >= 0.3 is 0 Å². The standard InChI is InChI=1S/C14H13Cl2NO3S/c1-9-3-2-4-12(5-9)17-21(19,20)13-7-11(15)6-10(8-18)14(13)16/h2-7,17-18H,8H2,1H3. The molecule has 7 heteroatoms. The van der Waals surface area contributed by atoms with Crippen molar-refractivity contribution in [2.45, 2.75) is 18.4 Å². The van der Waals surface area contributed by atoms with Gasteiger partial charge in [0, 0.05) is 10.7 Å². The van der Waals surface area contributed by atoms with Crippen LogP contribution in [-0.2, 0) is 16.6 Å². The van der Waals surface area contributed by atoms with Crippen molar-refractivity contribution in [2.75, 3.05) is 4.72 Å². The normalized spacial score (nSPS) is 11.4. The molecule has 0 unspecified atom stereocenters. The van der Waals surface area contributed by atoms with Gasteiger partial charge in [0.05, 0.1) is 11.6 Å². The van der Waals surface area contributed by atoms with Crippen LogP contribution in [0.15, 0.2) is 41.3 Å². The molecule has 2 aromatic rings. The molecule has 2 N–H and O–H groups in total. The Morgan fingerprint density at radius 1 is 1.19 bits per heavy atom. The van der Waals surface area contributed by atoms with Crippen molar-refractivity contribution in [3.05, 3.63) is 57.6 Å². The smallest absolute Gasteiger partial charge is 0.263 e. The van der Waals surface area contributed by atoms with E-state index < -0.39 is 16.6 Å². The molecule has 2 aromatic carbocycles. The van der Waals surface area contributed by atoms with Crippen LogP contribution in [-0.4, -0.2) is 13.5 Å². The lowest BCUT2D eigenvalue weighted by atomic mass is 10.2. The topological polar surface area (TPSA) is 66.4 Å². The second-order valence-electron chi connectivity index (χ2n) is 4.51. The Morgan fingerprint density at radius 2 is 1.90 bits per heavy atom. The van der Waals surface area contributed by atoms with E-state index in [2.05, 4.69) is 4.72 Å². The molecule has 0 atom stereocenters. The fourth-order valence-electron chi connectivity index (χ4n) is 1.85. The first-order valence-electron chi connectivity index (χ1n) is 6.02. The number of halogens is 2. The number of aryl methyl sites for hydroxylation is 1. The Balaban J connectivity index is 2.47. The van der Waals surface area contributed by atoms with Gasteiger partial charge in [-0.2, -0.15) is 0 Å². The summed E-state index contributed by atoms with van der Waals surface area (Å²) in [7, 11) is -3.89. The lowest BCUT2D eigenvalue weighted by Gasteiger charge is -2.12. The first-order chi connectivity index (χ1) is 9.83. The minimum Gasteiger partial charge on any atom is -0.392 e. The van der Waals surface area contributed by atoms with E-state index in [4.69, 9.17) is 23.2 Å². The van der Waals surface area contributed by atoms with E-state index in [1.54, 1.807) is 18.2 Å². The van der Waals surface area contributed by atoms with Crippen molar-refractivity contribution in [1.29, 1.82) is 0 Å². The molecule has 0 aliphatic carbocycles. The molecular weight excluding hydrogens is 333 g/mol. The van der Waals surface area contributed by atoms with Gasteiger partial charge in [-0.25, -0.2) is 8.42 Å². The van der Waals surface area contributed by atoms with Crippen LogP contribution in [0.2, 0.25) is 10.0 Å². The highest BCUT2D eigenvalue weighted by Gasteiger charge is 2.21. The van der Waals surface area contributed by atoms with E-state index in [-0.39, 0.29) is 20.5 Å². The van der Waals surface area contributed by atoms with E-state index in [1.807, 2.05) is 13.0 Å². The summed E-state index contributed by atoms with van der Waals surface area (Å²) < 4.78 is 27.3. The number of rotatable bonds is 4. The van der Waals surface area contributed by atoms with E-state index in [0.717, 1.165) is 5.56 Å². The predicted molar refractivity (Wildman–Crippen MR) is 84.4 cm³/mol. The molecule has 0 heterocycles. The van der Waals surface area contributed by atoms with Gasteiger partial charge in [-0.05, 0) is 42.3 Å². The molecule has 4 nitrogen and oxygen atoms in total. The number of benzene rings is 2. The molecule has 0 aliphatic rings. The summed E-state index contributed by atoms with van der Waals surface area (Å²) in [5, 5.41) is 9.35. The second kappa shape index (κ2) is 6.23. The maximum absolute atomic E-state index is 12.4. The molecule has 21 heavy (non-hydrogen) atoms. The summed E-state index contributed by atoms with van der Waals surface area (Å²) in [5.41, 5.74) is 1.61. The molecule has 2 rings (SSSR count). The van der Waals surface area contributed by atoms with E-state index in [9.17, 15) is 13.5 Å². The average molecular weight is 346 g/mol. The molecule has 0 fully saturated rings. The molecule has 112 valence electrons. The summed E-state index contributed by atoms with van der Waals surface area (Å²) in [6, 6.07) is 9.61. The van der Waals surface area contributed by atoms with Gasteiger partial charge in [-0.1, -0.05) is 35.3 Å². The number of hydrogen-bond donors (Lipinski definition) is 2. The monoisotopic (exact) mass is 345 g/mol. The number of aliphatic hydroxyl groups is 1. The second-order valence-corrected chi connectivity index (χ2v) is 6.98. The van der Waals surface area contributed by atoms with Gasteiger partial charge in [-0.3, -0.25) is 4.72 Å². The van der Waals surface area contributed by atoms with Crippen LogP contribution in [0.25, 0.3) is 0 Å². The highest BCUT2D eigenvalue weighted by Crippen LogP contribution is 2.30. The predicted octanol–water partition coefficient (Wildman–Crippen LogP) is 3.59. The molecule has 0 amide bonds. The summed E-state index contributed by atoms with van der Waals surface area (Å²) >= 11 is 11.9. The van der Waals surface area contributed by atoms with Gasteiger partial charge in [0.1, 0.15) is 4.90 Å². The molecule has 0 saturated heterocycles. The third-order valence-electron chi connectivity index (χ3n) is 2.81. The third-order valence-corrected chi connectivity index (χ3v) is 4.99.